The largest absolute Gasteiger partial charge is 0.480 e. The molecule has 0 saturated carbocycles. The molecule has 6 nitrogen and oxygen atoms in total. The first kappa shape index (κ1) is 12.5. The predicted molar refractivity (Wildman–Crippen MR) is 57.2 cm³/mol. The van der Waals surface area contributed by atoms with Gasteiger partial charge in [0.25, 0.3) is 5.56 Å². The Balaban J connectivity index is 2.89. The van der Waals surface area contributed by atoms with Crippen LogP contribution in [0.5, 0.6) is 0 Å². The van der Waals surface area contributed by atoms with Crippen LogP contribution in [0, 0.1) is 5.92 Å². The molecule has 1 atom stereocenters. The molecule has 0 amide bonds. The Hall–Kier alpha value is -1.56. The van der Waals surface area contributed by atoms with E-state index in [2.05, 4.69) is 5.16 Å². The minimum Gasteiger partial charge on any atom is -0.480 e. The summed E-state index contributed by atoms with van der Waals surface area (Å²) in [5.74, 6) is -0.313. The van der Waals surface area contributed by atoms with Crippen LogP contribution in [0.2, 0.25) is 0 Å². The van der Waals surface area contributed by atoms with E-state index in [4.69, 9.17) is 15.4 Å². The maximum atomic E-state index is 11.4. The molecule has 16 heavy (non-hydrogen) atoms. The average molecular weight is 228 g/mol. The second-order valence-electron chi connectivity index (χ2n) is 4.18. The molecule has 0 aromatic carbocycles. The van der Waals surface area contributed by atoms with Crippen LogP contribution in [0.3, 0.4) is 0 Å². The molecule has 6 heteroatoms. The normalized spacial score (nSPS) is 13.0. The fourth-order valence-corrected chi connectivity index (χ4v) is 1.41. The third-order valence-electron chi connectivity index (χ3n) is 2.21. The van der Waals surface area contributed by atoms with Crippen LogP contribution in [-0.2, 0) is 17.6 Å². The van der Waals surface area contributed by atoms with Gasteiger partial charge in [0.2, 0.25) is 0 Å². The Kier molecular flexibility index (Phi) is 3.89. The number of nitrogens with one attached hydrogen (secondary N) is 1. The molecule has 0 unspecified atom stereocenters. The van der Waals surface area contributed by atoms with Gasteiger partial charge in [0, 0.05) is 12.8 Å². The molecule has 1 heterocycles. The molecule has 0 aliphatic heterocycles. The smallest absolute Gasteiger partial charge is 0.320 e. The van der Waals surface area contributed by atoms with Crippen LogP contribution in [0.1, 0.15) is 25.2 Å². The van der Waals surface area contributed by atoms with Crippen molar-refractivity contribution in [2.24, 2.45) is 11.7 Å². The zero-order valence-electron chi connectivity index (χ0n) is 9.32. The summed E-state index contributed by atoms with van der Waals surface area (Å²) in [6, 6.07) is -1.08. The van der Waals surface area contributed by atoms with Crippen molar-refractivity contribution in [3.63, 3.8) is 0 Å². The lowest BCUT2D eigenvalue weighted by Gasteiger charge is -2.06. The average Bonchev–Trinajstić information content (AvgIpc) is 2.48. The van der Waals surface area contributed by atoms with Crippen LogP contribution >= 0.6 is 0 Å². The van der Waals surface area contributed by atoms with Gasteiger partial charge in [0.1, 0.15) is 11.8 Å². The highest BCUT2D eigenvalue weighted by Crippen LogP contribution is 2.11. The number of carbonyl (C=O) groups is 1. The quantitative estimate of drug-likeness (QED) is 0.663. The standard InChI is InChI=1S/C10H16N2O4/c1-5(2)3-8-6(9(13)12-16-8)4-7(11)10(14)15/h5,7H,3-4,11H2,1-2H3,(H,12,13)(H,14,15)/t7-/m1/s1. The highest BCUT2D eigenvalue weighted by atomic mass is 16.5. The SMILES string of the molecule is CC(C)Cc1o[nH]c(=O)c1C[C@@H](N)C(=O)O. The summed E-state index contributed by atoms with van der Waals surface area (Å²) in [7, 11) is 0. The highest BCUT2D eigenvalue weighted by molar-refractivity contribution is 5.73. The number of aromatic amines is 1. The number of nitrogens with two attached hydrogens (primary N) is 1. The Morgan fingerprint density at radius 1 is 1.50 bits per heavy atom. The van der Waals surface area contributed by atoms with E-state index >= 15 is 0 Å². The van der Waals surface area contributed by atoms with Gasteiger partial charge < -0.3 is 15.4 Å². The van der Waals surface area contributed by atoms with Gasteiger partial charge in [-0.05, 0) is 5.92 Å². The lowest BCUT2D eigenvalue weighted by Crippen LogP contribution is -2.34. The summed E-state index contributed by atoms with van der Waals surface area (Å²) >= 11 is 0. The minimum atomic E-state index is -1.13. The molecular weight excluding hydrogens is 212 g/mol. The zero-order chi connectivity index (χ0) is 12.3. The first-order valence-corrected chi connectivity index (χ1v) is 5.09. The zero-order valence-corrected chi connectivity index (χ0v) is 9.32. The number of carboxylic acids is 1. The third kappa shape index (κ3) is 2.96. The number of hydrogen-bond donors (Lipinski definition) is 3. The Morgan fingerprint density at radius 3 is 2.62 bits per heavy atom. The molecule has 1 aromatic heterocycles. The summed E-state index contributed by atoms with van der Waals surface area (Å²) < 4.78 is 5.00. The summed E-state index contributed by atoms with van der Waals surface area (Å²) in [5, 5.41) is 10.9. The van der Waals surface area contributed by atoms with E-state index in [1.165, 1.54) is 0 Å². The van der Waals surface area contributed by atoms with E-state index in [-0.39, 0.29) is 6.42 Å². The van der Waals surface area contributed by atoms with Crippen molar-refractivity contribution >= 4 is 5.97 Å². The van der Waals surface area contributed by atoms with Crippen molar-refractivity contribution in [3.8, 4) is 0 Å². The van der Waals surface area contributed by atoms with E-state index in [0.29, 0.717) is 23.7 Å². The Labute approximate surface area is 92.4 Å². The van der Waals surface area contributed by atoms with E-state index < -0.39 is 17.6 Å². The molecule has 0 saturated heterocycles. The van der Waals surface area contributed by atoms with Crippen LogP contribution < -0.4 is 11.3 Å². The molecule has 0 bridgehead atoms. The molecule has 4 N–H and O–H groups in total. The van der Waals surface area contributed by atoms with E-state index in [9.17, 15) is 9.59 Å². The van der Waals surface area contributed by atoms with Gasteiger partial charge in [-0.1, -0.05) is 13.8 Å². The summed E-state index contributed by atoms with van der Waals surface area (Å²) in [5.41, 5.74) is 5.32. The van der Waals surface area contributed by atoms with Gasteiger partial charge in [-0.2, -0.15) is 5.16 Å². The lowest BCUT2D eigenvalue weighted by molar-refractivity contribution is -0.138. The Morgan fingerprint density at radius 2 is 2.12 bits per heavy atom. The molecule has 1 aromatic rings. The maximum absolute atomic E-state index is 11.4. The second kappa shape index (κ2) is 4.98. The van der Waals surface area contributed by atoms with E-state index in [1.807, 2.05) is 13.8 Å². The maximum Gasteiger partial charge on any atom is 0.320 e. The van der Waals surface area contributed by atoms with Gasteiger partial charge in [-0.15, -0.1) is 0 Å². The first-order valence-electron chi connectivity index (χ1n) is 5.09. The van der Waals surface area contributed by atoms with Gasteiger partial charge in [-0.25, -0.2) is 0 Å². The molecule has 90 valence electrons. The highest BCUT2D eigenvalue weighted by Gasteiger charge is 2.20. The first-order chi connectivity index (χ1) is 7.41. The number of carboxylic acid groups (broad SMARTS) is 1. The van der Waals surface area contributed by atoms with Crippen LogP contribution in [-0.4, -0.2) is 22.3 Å². The molecule has 1 rings (SSSR count). The summed E-state index contributed by atoms with van der Waals surface area (Å²) in [4.78, 5) is 22.0. The van der Waals surface area contributed by atoms with Crippen molar-refractivity contribution in [1.29, 1.82) is 0 Å². The lowest BCUT2D eigenvalue weighted by atomic mass is 10.0. The van der Waals surface area contributed by atoms with Gasteiger partial charge >= 0.3 is 5.97 Å². The number of hydrogen-bond acceptors (Lipinski definition) is 4. The number of aromatic nitrogens is 1. The number of rotatable bonds is 5. The van der Waals surface area contributed by atoms with Crippen LogP contribution in [0.4, 0.5) is 0 Å². The van der Waals surface area contributed by atoms with E-state index in [1.54, 1.807) is 0 Å². The van der Waals surface area contributed by atoms with Crippen LogP contribution in [0.15, 0.2) is 9.32 Å². The third-order valence-corrected chi connectivity index (χ3v) is 2.21. The monoisotopic (exact) mass is 228 g/mol. The van der Waals surface area contributed by atoms with Crippen molar-refractivity contribution in [2.75, 3.05) is 0 Å². The second-order valence-corrected chi connectivity index (χ2v) is 4.18. The molecule has 0 fully saturated rings. The molecular formula is C10H16N2O4. The minimum absolute atomic E-state index is 0.0107. The molecule has 0 aliphatic rings. The van der Waals surface area contributed by atoms with Crippen molar-refractivity contribution in [1.82, 2.24) is 5.16 Å². The Bertz CT molecular complexity index is 419. The predicted octanol–water partition coefficient (Wildman–Crippen LogP) is 0.121. The van der Waals surface area contributed by atoms with Gasteiger partial charge in [0.05, 0.1) is 5.56 Å². The molecule has 0 aliphatic carbocycles. The van der Waals surface area contributed by atoms with Crippen LogP contribution in [0.25, 0.3) is 0 Å². The van der Waals surface area contributed by atoms with Crippen molar-refractivity contribution in [3.05, 3.63) is 21.7 Å². The molecule has 0 spiro atoms. The van der Waals surface area contributed by atoms with E-state index in [0.717, 1.165) is 0 Å². The summed E-state index contributed by atoms with van der Waals surface area (Å²) in [6.45, 7) is 3.96. The fourth-order valence-electron chi connectivity index (χ4n) is 1.41. The topological polar surface area (TPSA) is 109 Å². The molecule has 0 radical (unpaired) electrons. The van der Waals surface area contributed by atoms with Gasteiger partial charge in [0.15, 0.2) is 0 Å². The fraction of sp³-hybridized carbons (Fsp3) is 0.600. The number of aliphatic carboxylic acids is 1. The van der Waals surface area contributed by atoms with Gasteiger partial charge in [-0.3, -0.25) is 9.59 Å². The van der Waals surface area contributed by atoms with Crippen molar-refractivity contribution < 1.29 is 14.4 Å². The number of H-pyrrole nitrogens is 1. The van der Waals surface area contributed by atoms with Crippen molar-refractivity contribution in [2.45, 2.75) is 32.7 Å². The summed E-state index contributed by atoms with van der Waals surface area (Å²) in [6.07, 6.45) is 0.573.